The Morgan fingerprint density at radius 1 is 1.05 bits per heavy atom. The van der Waals surface area contributed by atoms with Crippen LogP contribution < -0.4 is 10.6 Å². The van der Waals surface area contributed by atoms with Crippen molar-refractivity contribution < 1.29 is 4.79 Å². The SMILES string of the molecule is Nc1cccc(N2CCN(C(=O)c3ccccn3)CC2)c1. The molecule has 1 aromatic heterocycles. The Morgan fingerprint density at radius 3 is 2.52 bits per heavy atom. The highest BCUT2D eigenvalue weighted by molar-refractivity contribution is 5.92. The molecule has 1 fully saturated rings. The second-order valence-electron chi connectivity index (χ2n) is 5.09. The molecule has 0 aliphatic carbocycles. The Bertz CT molecular complexity index is 621. The van der Waals surface area contributed by atoms with E-state index in [1.54, 1.807) is 12.3 Å². The van der Waals surface area contributed by atoms with Crippen LogP contribution in [-0.2, 0) is 0 Å². The zero-order valence-electron chi connectivity index (χ0n) is 11.8. The Labute approximate surface area is 124 Å². The topological polar surface area (TPSA) is 62.5 Å². The number of amides is 1. The van der Waals surface area contributed by atoms with Gasteiger partial charge in [0, 0.05) is 43.8 Å². The molecule has 108 valence electrons. The number of pyridine rings is 1. The van der Waals surface area contributed by atoms with Crippen LogP contribution in [0.3, 0.4) is 0 Å². The van der Waals surface area contributed by atoms with E-state index in [1.807, 2.05) is 41.3 Å². The molecule has 3 rings (SSSR count). The molecule has 1 aliphatic rings. The van der Waals surface area contributed by atoms with Gasteiger partial charge in [0.05, 0.1) is 0 Å². The lowest BCUT2D eigenvalue weighted by atomic mass is 10.2. The average molecular weight is 282 g/mol. The lowest BCUT2D eigenvalue weighted by Gasteiger charge is -2.36. The van der Waals surface area contributed by atoms with E-state index in [4.69, 9.17) is 5.73 Å². The second-order valence-corrected chi connectivity index (χ2v) is 5.09. The van der Waals surface area contributed by atoms with Crippen molar-refractivity contribution in [1.29, 1.82) is 0 Å². The van der Waals surface area contributed by atoms with Crippen molar-refractivity contribution in [2.75, 3.05) is 36.8 Å². The van der Waals surface area contributed by atoms with E-state index in [2.05, 4.69) is 9.88 Å². The first-order chi connectivity index (χ1) is 10.2. The normalized spacial score (nSPS) is 15.0. The second kappa shape index (κ2) is 5.83. The van der Waals surface area contributed by atoms with Crippen molar-refractivity contribution in [3.05, 3.63) is 54.4 Å². The number of rotatable bonds is 2. The molecule has 2 heterocycles. The maximum absolute atomic E-state index is 12.3. The molecule has 0 radical (unpaired) electrons. The van der Waals surface area contributed by atoms with Crippen LogP contribution in [0.25, 0.3) is 0 Å². The third kappa shape index (κ3) is 2.97. The third-order valence-electron chi connectivity index (χ3n) is 3.69. The minimum absolute atomic E-state index is 0.00262. The number of hydrogen-bond donors (Lipinski definition) is 1. The zero-order valence-corrected chi connectivity index (χ0v) is 11.8. The monoisotopic (exact) mass is 282 g/mol. The number of hydrogen-bond acceptors (Lipinski definition) is 4. The van der Waals surface area contributed by atoms with Gasteiger partial charge in [0.2, 0.25) is 0 Å². The average Bonchev–Trinajstić information content (AvgIpc) is 2.55. The van der Waals surface area contributed by atoms with Crippen LogP contribution in [0.4, 0.5) is 11.4 Å². The molecule has 0 spiro atoms. The van der Waals surface area contributed by atoms with Gasteiger partial charge in [-0.05, 0) is 30.3 Å². The van der Waals surface area contributed by atoms with E-state index in [1.165, 1.54) is 0 Å². The molecule has 2 aromatic rings. The van der Waals surface area contributed by atoms with Gasteiger partial charge in [-0.2, -0.15) is 0 Å². The lowest BCUT2D eigenvalue weighted by Crippen LogP contribution is -2.49. The van der Waals surface area contributed by atoms with Crippen molar-refractivity contribution in [1.82, 2.24) is 9.88 Å². The summed E-state index contributed by atoms with van der Waals surface area (Å²) in [6, 6.07) is 13.3. The molecule has 1 amide bonds. The number of carbonyl (C=O) groups excluding carboxylic acids is 1. The Hall–Kier alpha value is -2.56. The first-order valence-electron chi connectivity index (χ1n) is 7.05. The van der Waals surface area contributed by atoms with E-state index in [0.717, 1.165) is 24.5 Å². The van der Waals surface area contributed by atoms with Crippen LogP contribution >= 0.6 is 0 Å². The van der Waals surface area contributed by atoms with Crippen LogP contribution in [0.5, 0.6) is 0 Å². The highest BCUT2D eigenvalue weighted by atomic mass is 16.2. The van der Waals surface area contributed by atoms with E-state index in [9.17, 15) is 4.79 Å². The van der Waals surface area contributed by atoms with Crippen LogP contribution in [0.2, 0.25) is 0 Å². The van der Waals surface area contributed by atoms with Gasteiger partial charge < -0.3 is 15.5 Å². The fraction of sp³-hybridized carbons (Fsp3) is 0.250. The van der Waals surface area contributed by atoms with Crippen LogP contribution in [0.15, 0.2) is 48.7 Å². The molecule has 0 atom stereocenters. The predicted molar refractivity (Wildman–Crippen MR) is 83.2 cm³/mol. The number of anilines is 2. The molecule has 1 saturated heterocycles. The summed E-state index contributed by atoms with van der Waals surface area (Å²) in [6.45, 7) is 3.01. The smallest absolute Gasteiger partial charge is 0.272 e. The first-order valence-corrected chi connectivity index (χ1v) is 7.05. The Morgan fingerprint density at radius 2 is 1.86 bits per heavy atom. The summed E-state index contributed by atoms with van der Waals surface area (Å²) in [4.78, 5) is 20.5. The highest BCUT2D eigenvalue weighted by Gasteiger charge is 2.22. The molecular formula is C16H18N4O. The van der Waals surface area contributed by atoms with Gasteiger partial charge in [-0.25, -0.2) is 0 Å². The number of nitrogens with two attached hydrogens (primary N) is 1. The van der Waals surface area contributed by atoms with Gasteiger partial charge >= 0.3 is 0 Å². The Kier molecular flexibility index (Phi) is 3.73. The maximum Gasteiger partial charge on any atom is 0.272 e. The van der Waals surface area contributed by atoms with Gasteiger partial charge in [0.25, 0.3) is 5.91 Å². The Balaban J connectivity index is 1.64. The van der Waals surface area contributed by atoms with Crippen molar-refractivity contribution in [3.63, 3.8) is 0 Å². The van der Waals surface area contributed by atoms with Gasteiger partial charge in [-0.15, -0.1) is 0 Å². The molecule has 5 nitrogen and oxygen atoms in total. The third-order valence-corrected chi connectivity index (χ3v) is 3.69. The summed E-state index contributed by atoms with van der Waals surface area (Å²) in [5.41, 5.74) is 8.20. The molecule has 2 N–H and O–H groups in total. The van der Waals surface area contributed by atoms with Crippen molar-refractivity contribution in [2.24, 2.45) is 0 Å². The summed E-state index contributed by atoms with van der Waals surface area (Å²) >= 11 is 0. The number of piperazine rings is 1. The minimum atomic E-state index is 0.00262. The van der Waals surface area contributed by atoms with E-state index in [-0.39, 0.29) is 5.91 Å². The fourth-order valence-electron chi connectivity index (χ4n) is 2.54. The van der Waals surface area contributed by atoms with Gasteiger partial charge in [0.15, 0.2) is 0 Å². The molecule has 0 saturated carbocycles. The van der Waals surface area contributed by atoms with Crippen molar-refractivity contribution >= 4 is 17.3 Å². The van der Waals surface area contributed by atoms with E-state index in [0.29, 0.717) is 18.8 Å². The highest BCUT2D eigenvalue weighted by Crippen LogP contribution is 2.19. The quantitative estimate of drug-likeness (QED) is 0.850. The zero-order chi connectivity index (χ0) is 14.7. The lowest BCUT2D eigenvalue weighted by molar-refractivity contribution is 0.0741. The summed E-state index contributed by atoms with van der Waals surface area (Å²) in [5.74, 6) is 0.00262. The molecule has 0 unspecified atom stereocenters. The summed E-state index contributed by atoms with van der Waals surface area (Å²) in [5, 5.41) is 0. The van der Waals surface area contributed by atoms with Crippen LogP contribution in [0, 0.1) is 0 Å². The standard InChI is InChI=1S/C16H18N4O/c17-13-4-3-5-14(12-13)19-8-10-20(11-9-19)16(21)15-6-1-2-7-18-15/h1-7,12H,8-11,17H2. The number of benzene rings is 1. The summed E-state index contributed by atoms with van der Waals surface area (Å²) < 4.78 is 0. The van der Waals surface area contributed by atoms with Crippen LogP contribution in [0.1, 0.15) is 10.5 Å². The number of aromatic nitrogens is 1. The molecule has 0 bridgehead atoms. The number of nitrogen functional groups attached to an aromatic ring is 1. The van der Waals surface area contributed by atoms with Gasteiger partial charge in [-0.1, -0.05) is 12.1 Å². The van der Waals surface area contributed by atoms with E-state index < -0.39 is 0 Å². The van der Waals surface area contributed by atoms with Gasteiger partial charge in [0.1, 0.15) is 5.69 Å². The molecule has 21 heavy (non-hydrogen) atoms. The molecule has 1 aliphatic heterocycles. The molecule has 1 aromatic carbocycles. The number of carbonyl (C=O) groups is 1. The van der Waals surface area contributed by atoms with Crippen molar-refractivity contribution in [2.45, 2.75) is 0 Å². The molecular weight excluding hydrogens is 264 g/mol. The van der Waals surface area contributed by atoms with E-state index >= 15 is 0 Å². The minimum Gasteiger partial charge on any atom is -0.399 e. The first kappa shape index (κ1) is 13.4. The molecule has 5 heteroatoms. The fourth-order valence-corrected chi connectivity index (χ4v) is 2.54. The summed E-state index contributed by atoms with van der Waals surface area (Å²) in [6.07, 6.45) is 1.65. The largest absolute Gasteiger partial charge is 0.399 e. The number of nitrogens with zero attached hydrogens (tertiary/aromatic N) is 3. The van der Waals surface area contributed by atoms with Gasteiger partial charge in [-0.3, -0.25) is 9.78 Å². The predicted octanol–water partition coefficient (Wildman–Crippen LogP) is 1.63. The summed E-state index contributed by atoms with van der Waals surface area (Å²) in [7, 11) is 0. The maximum atomic E-state index is 12.3. The van der Waals surface area contributed by atoms with Crippen LogP contribution in [-0.4, -0.2) is 42.0 Å². The van der Waals surface area contributed by atoms with Crippen molar-refractivity contribution in [3.8, 4) is 0 Å².